The molecule has 0 aliphatic rings. The molecule has 0 bridgehead atoms. The number of fused-ring (bicyclic) bond motifs is 1. The Morgan fingerprint density at radius 1 is 1.47 bits per heavy atom. The first kappa shape index (κ1) is 12.3. The molecule has 2 rings (SSSR count). The Morgan fingerprint density at radius 3 is 2.65 bits per heavy atom. The molecule has 0 amide bonds. The first-order chi connectivity index (χ1) is 7.80. The molecule has 0 aromatic carbocycles. The molecule has 0 unspecified atom stereocenters. The van der Waals surface area contributed by atoms with Gasteiger partial charge in [0.2, 0.25) is 0 Å². The predicted molar refractivity (Wildman–Crippen MR) is 61.9 cm³/mol. The van der Waals surface area contributed by atoms with Gasteiger partial charge < -0.3 is 0 Å². The predicted octanol–water partition coefficient (Wildman–Crippen LogP) is 1.75. The van der Waals surface area contributed by atoms with Crippen LogP contribution in [0.2, 0.25) is 5.15 Å². The van der Waals surface area contributed by atoms with Crippen molar-refractivity contribution in [2.24, 2.45) is 0 Å². The van der Waals surface area contributed by atoms with Gasteiger partial charge in [0.1, 0.15) is 17.1 Å². The van der Waals surface area contributed by atoms with Gasteiger partial charge in [-0.25, -0.2) is 9.97 Å². The molecule has 0 aliphatic carbocycles. The maximum atomic E-state index is 11.4. The highest BCUT2D eigenvalue weighted by atomic mass is 35.5. The maximum absolute atomic E-state index is 11.4. The van der Waals surface area contributed by atoms with E-state index in [2.05, 4.69) is 9.97 Å². The van der Waals surface area contributed by atoms with Gasteiger partial charge in [0.25, 0.3) is 0 Å². The van der Waals surface area contributed by atoms with Gasteiger partial charge in [-0.1, -0.05) is 25.4 Å². The van der Waals surface area contributed by atoms with E-state index in [1.165, 1.54) is 16.8 Å². The van der Waals surface area contributed by atoms with Crippen LogP contribution >= 0.6 is 11.6 Å². The van der Waals surface area contributed by atoms with Crippen LogP contribution < -0.4 is 0 Å². The molecule has 0 saturated carbocycles. The van der Waals surface area contributed by atoms with Gasteiger partial charge in [-0.15, -0.1) is 0 Å². The van der Waals surface area contributed by atoms with E-state index in [9.17, 15) is 13.0 Å². The quantitative estimate of drug-likeness (QED) is 0.667. The van der Waals surface area contributed by atoms with Crippen molar-refractivity contribution in [3.8, 4) is 0 Å². The number of hydrogen-bond donors (Lipinski definition) is 1. The SMILES string of the molecule is CC(C)c1nc2cc(Cl)ncn2c1S(=O)(=O)O. The molecule has 0 atom stereocenters. The topological polar surface area (TPSA) is 84.6 Å². The second kappa shape index (κ2) is 3.94. The zero-order valence-corrected chi connectivity index (χ0v) is 10.7. The molecule has 0 spiro atoms. The first-order valence-electron chi connectivity index (χ1n) is 4.81. The fraction of sp³-hybridized carbons (Fsp3) is 0.333. The van der Waals surface area contributed by atoms with Gasteiger partial charge in [-0.3, -0.25) is 8.95 Å². The molecule has 1 N–H and O–H groups in total. The number of imidazole rings is 1. The van der Waals surface area contributed by atoms with Crippen LogP contribution in [0.5, 0.6) is 0 Å². The van der Waals surface area contributed by atoms with Gasteiger partial charge in [-0.2, -0.15) is 8.42 Å². The summed E-state index contributed by atoms with van der Waals surface area (Å²) in [5.41, 5.74) is 0.623. The average molecular weight is 276 g/mol. The Morgan fingerprint density at radius 2 is 2.12 bits per heavy atom. The summed E-state index contributed by atoms with van der Waals surface area (Å²) in [5, 5.41) is -0.0497. The van der Waals surface area contributed by atoms with Crippen LogP contribution in [0.15, 0.2) is 17.4 Å². The maximum Gasteiger partial charge on any atom is 0.312 e. The summed E-state index contributed by atoms with van der Waals surface area (Å²) in [5.74, 6) is -0.148. The zero-order valence-electron chi connectivity index (χ0n) is 9.12. The number of hydrogen-bond acceptors (Lipinski definition) is 4. The van der Waals surface area contributed by atoms with Crippen LogP contribution in [0, 0.1) is 0 Å². The molecule has 6 nitrogen and oxygen atoms in total. The van der Waals surface area contributed by atoms with Crippen molar-refractivity contribution in [3.63, 3.8) is 0 Å². The second-order valence-corrected chi connectivity index (χ2v) is 5.60. The molecule has 17 heavy (non-hydrogen) atoms. The van der Waals surface area contributed by atoms with E-state index in [0.29, 0.717) is 5.65 Å². The van der Waals surface area contributed by atoms with Crippen LogP contribution in [-0.2, 0) is 10.1 Å². The molecule has 0 radical (unpaired) electrons. The van der Waals surface area contributed by atoms with Crippen LogP contribution in [-0.4, -0.2) is 27.3 Å². The Hall–Kier alpha value is -1.18. The molecule has 92 valence electrons. The van der Waals surface area contributed by atoms with E-state index in [-0.39, 0.29) is 21.8 Å². The summed E-state index contributed by atoms with van der Waals surface area (Å²) in [7, 11) is -4.36. The third-order valence-corrected chi connectivity index (χ3v) is 3.36. The summed E-state index contributed by atoms with van der Waals surface area (Å²) in [4.78, 5) is 7.91. The molecule has 0 saturated heterocycles. The second-order valence-electron chi connectivity index (χ2n) is 3.87. The molecular weight excluding hydrogens is 266 g/mol. The standard InChI is InChI=1S/C9H10ClN3O3S/c1-5(2)8-9(17(14,15)16)13-4-11-6(10)3-7(13)12-8/h3-5H,1-2H3,(H,14,15,16). The molecule has 0 aliphatic heterocycles. The zero-order chi connectivity index (χ0) is 12.8. The first-order valence-corrected chi connectivity index (χ1v) is 6.63. The Balaban J connectivity index is 2.91. The monoisotopic (exact) mass is 275 g/mol. The summed E-state index contributed by atoms with van der Waals surface area (Å²) >= 11 is 5.70. The van der Waals surface area contributed by atoms with E-state index in [4.69, 9.17) is 11.6 Å². The van der Waals surface area contributed by atoms with Gasteiger partial charge in [0, 0.05) is 6.07 Å². The van der Waals surface area contributed by atoms with Crippen molar-refractivity contribution in [2.75, 3.05) is 0 Å². The fourth-order valence-corrected chi connectivity index (χ4v) is 2.63. The fourth-order valence-electron chi connectivity index (χ4n) is 1.56. The summed E-state index contributed by atoms with van der Waals surface area (Å²) in [6, 6.07) is 1.43. The molecule has 0 fully saturated rings. The molecule has 2 heterocycles. The highest BCUT2D eigenvalue weighted by Gasteiger charge is 2.25. The highest BCUT2D eigenvalue weighted by Crippen LogP contribution is 2.25. The minimum Gasteiger partial charge on any atom is -0.281 e. The summed E-state index contributed by atoms with van der Waals surface area (Å²) in [6.45, 7) is 3.57. The van der Waals surface area contributed by atoms with E-state index in [1.807, 2.05) is 0 Å². The highest BCUT2D eigenvalue weighted by molar-refractivity contribution is 7.85. The molecular formula is C9H10ClN3O3S. The van der Waals surface area contributed by atoms with Gasteiger partial charge in [0.15, 0.2) is 5.03 Å². The van der Waals surface area contributed by atoms with Crippen LogP contribution in [0.3, 0.4) is 0 Å². The van der Waals surface area contributed by atoms with Crippen molar-refractivity contribution >= 4 is 27.4 Å². The van der Waals surface area contributed by atoms with Crippen molar-refractivity contribution in [1.29, 1.82) is 0 Å². The summed E-state index contributed by atoms with van der Waals surface area (Å²) in [6.07, 6.45) is 1.22. The molecule has 2 aromatic heterocycles. The van der Waals surface area contributed by atoms with E-state index < -0.39 is 10.1 Å². The van der Waals surface area contributed by atoms with Crippen molar-refractivity contribution in [1.82, 2.24) is 14.4 Å². The van der Waals surface area contributed by atoms with Crippen LogP contribution in [0.25, 0.3) is 5.65 Å². The largest absolute Gasteiger partial charge is 0.312 e. The number of halogens is 1. The van der Waals surface area contributed by atoms with Crippen molar-refractivity contribution in [2.45, 2.75) is 24.8 Å². The lowest BCUT2D eigenvalue weighted by molar-refractivity contribution is 0.475. The summed E-state index contributed by atoms with van der Waals surface area (Å²) < 4.78 is 33.1. The molecule has 2 aromatic rings. The number of aromatic nitrogens is 3. The lowest BCUT2D eigenvalue weighted by Gasteiger charge is -2.03. The van der Waals surface area contributed by atoms with Gasteiger partial charge in [0.05, 0.1) is 5.69 Å². The van der Waals surface area contributed by atoms with E-state index >= 15 is 0 Å². The normalized spacial score (nSPS) is 12.5. The Labute approximate surface area is 103 Å². The minimum absolute atomic E-state index is 0.148. The number of nitrogens with zero attached hydrogens (tertiary/aromatic N) is 3. The van der Waals surface area contributed by atoms with Crippen molar-refractivity contribution < 1.29 is 13.0 Å². The minimum atomic E-state index is -4.36. The van der Waals surface area contributed by atoms with Crippen LogP contribution in [0.1, 0.15) is 25.5 Å². The molecule has 8 heteroatoms. The third-order valence-electron chi connectivity index (χ3n) is 2.26. The number of rotatable bonds is 2. The lowest BCUT2D eigenvalue weighted by Crippen LogP contribution is -2.07. The Bertz CT molecular complexity index is 678. The van der Waals surface area contributed by atoms with Gasteiger partial charge in [-0.05, 0) is 5.92 Å². The lowest BCUT2D eigenvalue weighted by atomic mass is 10.2. The van der Waals surface area contributed by atoms with Crippen molar-refractivity contribution in [3.05, 3.63) is 23.2 Å². The van der Waals surface area contributed by atoms with E-state index in [1.54, 1.807) is 13.8 Å². The smallest absolute Gasteiger partial charge is 0.281 e. The van der Waals surface area contributed by atoms with Crippen LogP contribution in [0.4, 0.5) is 0 Å². The Kier molecular flexibility index (Phi) is 2.84. The average Bonchev–Trinajstić information content (AvgIpc) is 2.55. The van der Waals surface area contributed by atoms with E-state index in [0.717, 1.165) is 0 Å². The third kappa shape index (κ3) is 2.13. The van der Waals surface area contributed by atoms with Gasteiger partial charge >= 0.3 is 10.1 Å².